The monoisotopic (exact) mass is 447 g/mol. The highest BCUT2D eigenvalue weighted by atomic mass is 32.2. The zero-order chi connectivity index (χ0) is 21.8. The van der Waals surface area contributed by atoms with Crippen LogP contribution in [-0.2, 0) is 9.59 Å². The first-order chi connectivity index (χ1) is 15.1. The molecule has 1 aromatic rings. The summed E-state index contributed by atoms with van der Waals surface area (Å²) in [5.74, 6) is 3.87. The highest BCUT2D eigenvalue weighted by Crippen LogP contribution is 2.39. The van der Waals surface area contributed by atoms with Crippen molar-refractivity contribution in [3.63, 3.8) is 0 Å². The molecule has 0 N–H and O–H groups in total. The van der Waals surface area contributed by atoms with Gasteiger partial charge in [0.15, 0.2) is 0 Å². The predicted molar refractivity (Wildman–Crippen MR) is 122 cm³/mol. The van der Waals surface area contributed by atoms with E-state index in [1.807, 2.05) is 39.8 Å². The maximum atomic E-state index is 13.4. The van der Waals surface area contributed by atoms with Gasteiger partial charge in [0.25, 0.3) is 0 Å². The highest BCUT2D eigenvalue weighted by Gasteiger charge is 2.38. The van der Waals surface area contributed by atoms with Crippen molar-refractivity contribution >= 4 is 23.6 Å². The van der Waals surface area contributed by atoms with Gasteiger partial charge in [0.1, 0.15) is 11.5 Å². The lowest BCUT2D eigenvalue weighted by molar-refractivity contribution is -0.138. The normalized spacial score (nSPS) is 24.5. The number of amides is 2. The molecule has 3 aliphatic rings. The minimum Gasteiger partial charge on any atom is -0.497 e. The summed E-state index contributed by atoms with van der Waals surface area (Å²) in [5.41, 5.74) is 0.993. The van der Waals surface area contributed by atoms with E-state index in [-0.39, 0.29) is 23.9 Å². The summed E-state index contributed by atoms with van der Waals surface area (Å²) in [4.78, 5) is 32.5. The Morgan fingerprint density at radius 3 is 2.55 bits per heavy atom. The Morgan fingerprint density at radius 2 is 1.81 bits per heavy atom. The van der Waals surface area contributed by atoms with Crippen LogP contribution in [0.15, 0.2) is 18.2 Å². The highest BCUT2D eigenvalue weighted by molar-refractivity contribution is 7.99. The van der Waals surface area contributed by atoms with E-state index in [9.17, 15) is 9.59 Å². The summed E-state index contributed by atoms with van der Waals surface area (Å²) in [6.45, 7) is 3.50. The van der Waals surface area contributed by atoms with Crippen LogP contribution in [0.3, 0.4) is 0 Å². The number of ether oxygens (including phenoxy) is 2. The van der Waals surface area contributed by atoms with Crippen LogP contribution < -0.4 is 9.47 Å². The summed E-state index contributed by atoms with van der Waals surface area (Å²) in [6, 6.07) is 5.59. The third kappa shape index (κ3) is 4.80. The first-order valence-electron chi connectivity index (χ1n) is 11.2. The fraction of sp³-hybridized carbons (Fsp3) is 0.652. The molecule has 0 aliphatic carbocycles. The molecule has 0 radical (unpaired) electrons. The molecular weight excluding hydrogens is 414 g/mol. The molecular formula is C23H33N3O4S. The van der Waals surface area contributed by atoms with Gasteiger partial charge in [-0.3, -0.25) is 14.5 Å². The van der Waals surface area contributed by atoms with Gasteiger partial charge in [0, 0.05) is 36.7 Å². The summed E-state index contributed by atoms with van der Waals surface area (Å²) in [7, 11) is 3.31. The van der Waals surface area contributed by atoms with Crippen LogP contribution in [-0.4, -0.2) is 91.0 Å². The minimum atomic E-state index is -0.153. The molecule has 2 amide bonds. The van der Waals surface area contributed by atoms with E-state index in [0.29, 0.717) is 6.54 Å². The second kappa shape index (κ2) is 10.1. The van der Waals surface area contributed by atoms with Crippen molar-refractivity contribution in [2.24, 2.45) is 0 Å². The van der Waals surface area contributed by atoms with Gasteiger partial charge in [-0.25, -0.2) is 0 Å². The van der Waals surface area contributed by atoms with Crippen molar-refractivity contribution in [2.45, 2.75) is 37.8 Å². The second-order valence-corrected chi connectivity index (χ2v) is 9.64. The Labute approximate surface area is 189 Å². The van der Waals surface area contributed by atoms with Gasteiger partial charge in [-0.15, -0.1) is 0 Å². The smallest absolute Gasteiger partial charge is 0.239 e. The summed E-state index contributed by atoms with van der Waals surface area (Å²) in [6.07, 6.45) is 3.69. The molecule has 0 bridgehead atoms. The summed E-state index contributed by atoms with van der Waals surface area (Å²) in [5, 5.41) is 0. The average molecular weight is 448 g/mol. The number of carbonyl (C=O) groups is 2. The first-order valence-corrected chi connectivity index (χ1v) is 12.4. The molecule has 2 atom stereocenters. The molecule has 31 heavy (non-hydrogen) atoms. The molecule has 4 rings (SSSR count). The zero-order valence-corrected chi connectivity index (χ0v) is 19.4. The van der Waals surface area contributed by atoms with Crippen molar-refractivity contribution < 1.29 is 19.1 Å². The van der Waals surface area contributed by atoms with Crippen molar-refractivity contribution in [3.8, 4) is 11.5 Å². The Hall–Kier alpha value is -1.93. The Kier molecular flexibility index (Phi) is 7.27. The van der Waals surface area contributed by atoms with E-state index in [0.717, 1.165) is 80.4 Å². The standard InChI is InChI=1S/C23H33N3O4S/c1-29-17-7-8-21(30-2)18(15-17)19-5-4-10-26(19)22(27)16-25-9-3-6-20(25)23(28)24-11-13-31-14-12-24/h7-8,15,19-20H,3-6,9-14,16H2,1-2H3. The molecule has 8 heteroatoms. The van der Waals surface area contributed by atoms with Gasteiger partial charge < -0.3 is 19.3 Å². The topological polar surface area (TPSA) is 62.3 Å². The lowest BCUT2D eigenvalue weighted by Crippen LogP contribution is -2.50. The number of carbonyl (C=O) groups excluding carboxylic acids is 2. The van der Waals surface area contributed by atoms with Crippen LogP contribution in [0, 0.1) is 0 Å². The fourth-order valence-corrected chi connectivity index (χ4v) is 5.95. The molecule has 170 valence electrons. The minimum absolute atomic E-state index is 0.0200. The molecule has 7 nitrogen and oxygen atoms in total. The number of rotatable bonds is 6. The Balaban J connectivity index is 1.45. The van der Waals surface area contributed by atoms with Crippen LogP contribution in [0.4, 0.5) is 0 Å². The molecule has 3 heterocycles. The van der Waals surface area contributed by atoms with Crippen LogP contribution >= 0.6 is 11.8 Å². The molecule has 1 aromatic carbocycles. The van der Waals surface area contributed by atoms with Gasteiger partial charge in [0.05, 0.1) is 32.8 Å². The molecule has 0 saturated carbocycles. The number of thioether (sulfide) groups is 1. The molecule has 0 aromatic heterocycles. The number of nitrogens with zero attached hydrogens (tertiary/aromatic N) is 3. The van der Waals surface area contributed by atoms with Crippen molar-refractivity contribution in [1.29, 1.82) is 0 Å². The summed E-state index contributed by atoms with van der Waals surface area (Å²) < 4.78 is 11.0. The van der Waals surface area contributed by atoms with Crippen LogP contribution in [0.25, 0.3) is 0 Å². The zero-order valence-electron chi connectivity index (χ0n) is 18.5. The van der Waals surface area contributed by atoms with E-state index < -0.39 is 0 Å². The number of likely N-dealkylation sites (tertiary alicyclic amines) is 2. The summed E-state index contributed by atoms with van der Waals surface area (Å²) >= 11 is 1.90. The molecule has 3 fully saturated rings. The van der Waals surface area contributed by atoms with E-state index >= 15 is 0 Å². The number of methoxy groups -OCH3 is 2. The quantitative estimate of drug-likeness (QED) is 0.667. The molecule has 0 spiro atoms. The number of benzene rings is 1. The predicted octanol–water partition coefficient (Wildman–Crippen LogP) is 2.41. The van der Waals surface area contributed by atoms with Gasteiger partial charge in [-0.05, 0) is 50.4 Å². The number of hydrogen-bond donors (Lipinski definition) is 0. The van der Waals surface area contributed by atoms with Crippen molar-refractivity contribution in [1.82, 2.24) is 14.7 Å². The maximum absolute atomic E-state index is 13.4. The Morgan fingerprint density at radius 1 is 1.03 bits per heavy atom. The van der Waals surface area contributed by atoms with E-state index in [1.165, 1.54) is 0 Å². The molecule has 3 aliphatic heterocycles. The SMILES string of the molecule is COc1ccc(OC)c(C2CCCN2C(=O)CN2CCCC2C(=O)N2CCSCC2)c1. The lowest BCUT2D eigenvalue weighted by atomic mass is 10.0. The van der Waals surface area contributed by atoms with Crippen LogP contribution in [0.1, 0.15) is 37.3 Å². The van der Waals surface area contributed by atoms with Gasteiger partial charge in [-0.2, -0.15) is 11.8 Å². The third-order valence-corrected chi connectivity index (χ3v) is 7.62. The fourth-order valence-electron chi connectivity index (χ4n) is 5.04. The first kappa shape index (κ1) is 22.3. The molecule has 3 saturated heterocycles. The van der Waals surface area contributed by atoms with E-state index in [2.05, 4.69) is 4.90 Å². The largest absolute Gasteiger partial charge is 0.497 e. The molecule has 2 unspecified atom stereocenters. The van der Waals surface area contributed by atoms with Crippen LogP contribution in [0.2, 0.25) is 0 Å². The third-order valence-electron chi connectivity index (χ3n) is 6.68. The number of hydrogen-bond acceptors (Lipinski definition) is 6. The van der Waals surface area contributed by atoms with Crippen LogP contribution in [0.5, 0.6) is 11.5 Å². The van der Waals surface area contributed by atoms with Crippen molar-refractivity contribution in [2.75, 3.05) is 58.4 Å². The van der Waals surface area contributed by atoms with Gasteiger partial charge >= 0.3 is 0 Å². The maximum Gasteiger partial charge on any atom is 0.239 e. The Bertz CT molecular complexity index is 799. The lowest BCUT2D eigenvalue weighted by Gasteiger charge is -2.33. The van der Waals surface area contributed by atoms with E-state index in [1.54, 1.807) is 14.2 Å². The van der Waals surface area contributed by atoms with Crippen molar-refractivity contribution in [3.05, 3.63) is 23.8 Å². The van der Waals surface area contributed by atoms with Gasteiger partial charge in [0.2, 0.25) is 11.8 Å². The van der Waals surface area contributed by atoms with E-state index in [4.69, 9.17) is 9.47 Å². The average Bonchev–Trinajstić information content (AvgIpc) is 3.48. The second-order valence-electron chi connectivity index (χ2n) is 8.42. The van der Waals surface area contributed by atoms with Gasteiger partial charge in [-0.1, -0.05) is 0 Å².